The van der Waals surface area contributed by atoms with E-state index in [4.69, 9.17) is 17.3 Å². The molecule has 0 unspecified atom stereocenters. The van der Waals surface area contributed by atoms with Gasteiger partial charge in [0, 0.05) is 0 Å². The van der Waals surface area contributed by atoms with Crippen molar-refractivity contribution in [2.75, 3.05) is 16.2 Å². The fourth-order valence-corrected chi connectivity index (χ4v) is 4.55. The highest BCUT2D eigenvalue weighted by atomic mass is 35.5. The van der Waals surface area contributed by atoms with E-state index in [-0.39, 0.29) is 26.9 Å². The lowest BCUT2D eigenvalue weighted by Gasteiger charge is -2.25. The van der Waals surface area contributed by atoms with E-state index in [9.17, 15) is 18.0 Å². The summed E-state index contributed by atoms with van der Waals surface area (Å²) in [4.78, 5) is 24.3. The van der Waals surface area contributed by atoms with Crippen LogP contribution in [-0.4, -0.2) is 26.8 Å². The molecule has 7 nitrogen and oxygen atoms in total. The fraction of sp³-hybridized carbons (Fsp3) is 0.0476. The van der Waals surface area contributed by atoms with E-state index < -0.39 is 28.4 Å². The first kappa shape index (κ1) is 21.4. The Bertz CT molecular complexity index is 1180. The van der Waals surface area contributed by atoms with E-state index in [0.29, 0.717) is 0 Å². The average Bonchev–Trinajstić information content (AvgIpc) is 2.73. The SMILES string of the molecule is NC(=O)c1ccccc1NC(=O)CN(c1ccccc1Cl)S(=O)(=O)c1ccccc1. The Morgan fingerprint density at radius 1 is 0.900 bits per heavy atom. The molecule has 9 heteroatoms. The van der Waals surface area contributed by atoms with Crippen molar-refractivity contribution in [2.24, 2.45) is 5.73 Å². The first-order valence-electron chi connectivity index (χ1n) is 8.81. The van der Waals surface area contributed by atoms with Gasteiger partial charge in [-0.3, -0.25) is 13.9 Å². The first-order chi connectivity index (χ1) is 14.3. The Morgan fingerprint density at radius 2 is 1.50 bits per heavy atom. The number of anilines is 2. The van der Waals surface area contributed by atoms with Gasteiger partial charge in [-0.1, -0.05) is 54.1 Å². The number of halogens is 1. The molecular formula is C21H18ClN3O4S. The molecule has 0 aliphatic heterocycles. The van der Waals surface area contributed by atoms with Crippen molar-refractivity contribution >= 4 is 44.8 Å². The highest BCUT2D eigenvalue weighted by molar-refractivity contribution is 7.92. The third-order valence-corrected chi connectivity index (χ3v) is 6.30. The zero-order valence-electron chi connectivity index (χ0n) is 15.7. The molecule has 3 N–H and O–H groups in total. The standard InChI is InChI=1S/C21H18ClN3O4S/c22-17-11-5-7-13-19(17)25(30(28,29)15-8-2-1-3-9-15)14-20(26)24-18-12-6-4-10-16(18)21(23)27/h1-13H,14H2,(H2,23,27)(H,24,26). The number of amides is 2. The summed E-state index contributed by atoms with van der Waals surface area (Å²) in [5, 5.41) is 2.71. The maximum absolute atomic E-state index is 13.3. The van der Waals surface area contributed by atoms with Gasteiger partial charge in [0.25, 0.3) is 15.9 Å². The van der Waals surface area contributed by atoms with E-state index >= 15 is 0 Å². The number of primary amides is 1. The second kappa shape index (κ2) is 8.98. The van der Waals surface area contributed by atoms with Gasteiger partial charge in [0.15, 0.2) is 0 Å². The van der Waals surface area contributed by atoms with Crippen LogP contribution in [-0.2, 0) is 14.8 Å². The van der Waals surface area contributed by atoms with E-state index in [1.807, 2.05) is 0 Å². The van der Waals surface area contributed by atoms with Gasteiger partial charge >= 0.3 is 0 Å². The number of nitrogens with one attached hydrogen (secondary N) is 1. The van der Waals surface area contributed by atoms with Crippen molar-refractivity contribution in [3.8, 4) is 0 Å². The second-order valence-electron chi connectivity index (χ2n) is 6.23. The number of rotatable bonds is 7. The predicted molar refractivity (Wildman–Crippen MR) is 116 cm³/mol. The molecule has 0 spiro atoms. The number of benzene rings is 3. The van der Waals surface area contributed by atoms with Crippen LogP contribution in [0, 0.1) is 0 Å². The van der Waals surface area contributed by atoms with Gasteiger partial charge in [0.2, 0.25) is 5.91 Å². The van der Waals surface area contributed by atoms with Crippen molar-refractivity contribution in [3.63, 3.8) is 0 Å². The number of nitrogens with two attached hydrogens (primary N) is 1. The maximum atomic E-state index is 13.3. The molecule has 0 heterocycles. The molecule has 154 valence electrons. The third kappa shape index (κ3) is 4.61. The third-order valence-electron chi connectivity index (χ3n) is 4.21. The Hall–Kier alpha value is -3.36. The number of para-hydroxylation sites is 2. The molecule has 3 aromatic rings. The van der Waals surface area contributed by atoms with Gasteiger partial charge in [-0.25, -0.2) is 8.42 Å². The van der Waals surface area contributed by atoms with Crippen molar-refractivity contribution in [1.82, 2.24) is 0 Å². The Balaban J connectivity index is 1.97. The molecule has 0 radical (unpaired) electrons. The highest BCUT2D eigenvalue weighted by Gasteiger charge is 2.28. The molecule has 30 heavy (non-hydrogen) atoms. The predicted octanol–water partition coefficient (Wildman–Crippen LogP) is 3.27. The van der Waals surface area contributed by atoms with E-state index in [0.717, 1.165) is 4.31 Å². The van der Waals surface area contributed by atoms with Crippen LogP contribution in [0.1, 0.15) is 10.4 Å². The number of hydrogen-bond donors (Lipinski definition) is 2. The van der Waals surface area contributed by atoms with Crippen LogP contribution < -0.4 is 15.4 Å². The summed E-state index contributed by atoms with van der Waals surface area (Å²) in [5.41, 5.74) is 5.79. The summed E-state index contributed by atoms with van der Waals surface area (Å²) in [7, 11) is -4.09. The largest absolute Gasteiger partial charge is 0.366 e. The highest BCUT2D eigenvalue weighted by Crippen LogP contribution is 2.30. The van der Waals surface area contributed by atoms with E-state index in [1.165, 1.54) is 36.4 Å². The van der Waals surface area contributed by atoms with Gasteiger partial charge < -0.3 is 11.1 Å². The molecule has 0 aliphatic carbocycles. The van der Waals surface area contributed by atoms with Gasteiger partial charge in [-0.15, -0.1) is 0 Å². The van der Waals surface area contributed by atoms with Crippen LogP contribution in [0.4, 0.5) is 11.4 Å². The molecule has 0 saturated heterocycles. The smallest absolute Gasteiger partial charge is 0.264 e. The van der Waals surface area contributed by atoms with Crippen molar-refractivity contribution in [3.05, 3.63) is 89.4 Å². The van der Waals surface area contributed by atoms with Crippen LogP contribution in [0.5, 0.6) is 0 Å². The van der Waals surface area contributed by atoms with Crippen molar-refractivity contribution in [2.45, 2.75) is 4.90 Å². The topological polar surface area (TPSA) is 110 Å². The van der Waals surface area contributed by atoms with Crippen LogP contribution >= 0.6 is 11.6 Å². The molecule has 3 rings (SSSR count). The Labute approximate surface area is 179 Å². The minimum atomic E-state index is -4.09. The number of carbonyl (C=O) groups excluding carboxylic acids is 2. The number of sulfonamides is 1. The minimum Gasteiger partial charge on any atom is -0.366 e. The molecule has 3 aromatic carbocycles. The maximum Gasteiger partial charge on any atom is 0.264 e. The molecule has 0 bridgehead atoms. The Kier molecular flexibility index (Phi) is 6.39. The summed E-state index contributed by atoms with van der Waals surface area (Å²) in [6.07, 6.45) is 0. The zero-order valence-corrected chi connectivity index (χ0v) is 17.2. The molecule has 2 amide bonds. The summed E-state index contributed by atoms with van der Waals surface area (Å²) in [5.74, 6) is -1.38. The molecule has 0 aromatic heterocycles. The monoisotopic (exact) mass is 443 g/mol. The lowest BCUT2D eigenvalue weighted by molar-refractivity contribution is -0.114. The average molecular weight is 444 g/mol. The molecule has 0 fully saturated rings. The van der Waals surface area contributed by atoms with Crippen molar-refractivity contribution in [1.29, 1.82) is 0 Å². The quantitative estimate of drug-likeness (QED) is 0.583. The lowest BCUT2D eigenvalue weighted by Crippen LogP contribution is -2.38. The van der Waals surface area contributed by atoms with Gasteiger partial charge in [0.05, 0.1) is 26.9 Å². The van der Waals surface area contributed by atoms with Gasteiger partial charge in [0.1, 0.15) is 6.54 Å². The summed E-state index contributed by atoms with van der Waals surface area (Å²) >= 11 is 6.22. The van der Waals surface area contributed by atoms with Crippen LogP contribution in [0.3, 0.4) is 0 Å². The zero-order chi connectivity index (χ0) is 21.7. The van der Waals surface area contributed by atoms with Crippen LogP contribution in [0.25, 0.3) is 0 Å². The van der Waals surface area contributed by atoms with Gasteiger partial charge in [-0.05, 0) is 36.4 Å². The van der Waals surface area contributed by atoms with E-state index in [2.05, 4.69) is 5.32 Å². The molecule has 0 saturated carbocycles. The Morgan fingerprint density at radius 3 is 2.17 bits per heavy atom. The summed E-state index contributed by atoms with van der Waals surface area (Å²) < 4.78 is 27.4. The number of nitrogens with zero attached hydrogens (tertiary/aromatic N) is 1. The van der Waals surface area contributed by atoms with Crippen LogP contribution in [0.2, 0.25) is 5.02 Å². The van der Waals surface area contributed by atoms with Crippen LogP contribution in [0.15, 0.2) is 83.8 Å². The second-order valence-corrected chi connectivity index (χ2v) is 8.50. The normalized spacial score (nSPS) is 11.0. The summed E-state index contributed by atoms with van der Waals surface area (Å²) in [6, 6.07) is 20.2. The molecular weight excluding hydrogens is 426 g/mol. The summed E-state index contributed by atoms with van der Waals surface area (Å²) in [6.45, 7) is -0.561. The lowest BCUT2D eigenvalue weighted by atomic mass is 10.1. The molecule has 0 aliphatic rings. The fourth-order valence-electron chi connectivity index (χ4n) is 2.80. The number of carbonyl (C=O) groups is 2. The first-order valence-corrected chi connectivity index (χ1v) is 10.6. The van der Waals surface area contributed by atoms with Crippen molar-refractivity contribution < 1.29 is 18.0 Å². The number of hydrogen-bond acceptors (Lipinski definition) is 4. The molecule has 0 atom stereocenters. The van der Waals surface area contributed by atoms with E-state index in [1.54, 1.807) is 42.5 Å². The minimum absolute atomic E-state index is 0.00950. The van der Waals surface area contributed by atoms with Gasteiger partial charge in [-0.2, -0.15) is 0 Å².